The van der Waals surface area contributed by atoms with Gasteiger partial charge in [0, 0.05) is 5.56 Å². The first-order valence-corrected chi connectivity index (χ1v) is 6.91. The number of benzene rings is 2. The molecule has 0 aliphatic heterocycles. The minimum atomic E-state index is -0.781. The summed E-state index contributed by atoms with van der Waals surface area (Å²) in [5.74, 6) is -1.21. The van der Waals surface area contributed by atoms with Gasteiger partial charge in [0.05, 0.1) is 6.04 Å². The molecule has 20 heavy (non-hydrogen) atoms. The zero-order chi connectivity index (χ0) is 14.5. The fourth-order valence-electron chi connectivity index (χ4n) is 2.25. The molecule has 2 rings (SSSR count). The molecule has 0 aromatic heterocycles. The van der Waals surface area contributed by atoms with Crippen LogP contribution in [0.4, 0.5) is 8.78 Å². The SMILES string of the molecule is CCCCc1ccc(C(N)c2c(F)cccc2F)cc1. The smallest absolute Gasteiger partial charge is 0.131 e. The Labute approximate surface area is 118 Å². The van der Waals surface area contributed by atoms with Crippen LogP contribution in [0.3, 0.4) is 0 Å². The molecule has 0 saturated carbocycles. The van der Waals surface area contributed by atoms with Crippen LogP contribution in [0, 0.1) is 11.6 Å². The van der Waals surface area contributed by atoms with Gasteiger partial charge in [-0.1, -0.05) is 43.7 Å². The van der Waals surface area contributed by atoms with Crippen molar-refractivity contribution in [2.45, 2.75) is 32.2 Å². The van der Waals surface area contributed by atoms with Crippen molar-refractivity contribution in [3.05, 3.63) is 70.8 Å². The van der Waals surface area contributed by atoms with Crippen LogP contribution in [-0.4, -0.2) is 0 Å². The number of rotatable bonds is 5. The van der Waals surface area contributed by atoms with Crippen LogP contribution in [0.15, 0.2) is 42.5 Å². The Hall–Kier alpha value is -1.74. The zero-order valence-corrected chi connectivity index (χ0v) is 11.6. The predicted molar refractivity (Wildman–Crippen MR) is 77.4 cm³/mol. The quantitative estimate of drug-likeness (QED) is 0.862. The number of unbranched alkanes of at least 4 members (excludes halogenated alkanes) is 1. The minimum Gasteiger partial charge on any atom is -0.320 e. The van der Waals surface area contributed by atoms with Gasteiger partial charge in [-0.2, -0.15) is 0 Å². The molecule has 0 saturated heterocycles. The van der Waals surface area contributed by atoms with E-state index in [2.05, 4.69) is 6.92 Å². The summed E-state index contributed by atoms with van der Waals surface area (Å²) in [6, 6.07) is 10.7. The molecule has 106 valence electrons. The first-order chi connectivity index (χ1) is 9.63. The molecule has 0 bridgehead atoms. The Morgan fingerprint density at radius 1 is 1.00 bits per heavy atom. The molecule has 1 unspecified atom stereocenters. The van der Waals surface area contributed by atoms with Crippen molar-refractivity contribution < 1.29 is 8.78 Å². The first kappa shape index (κ1) is 14.7. The Balaban J connectivity index is 2.23. The highest BCUT2D eigenvalue weighted by Gasteiger charge is 2.17. The van der Waals surface area contributed by atoms with Crippen molar-refractivity contribution >= 4 is 0 Å². The maximum atomic E-state index is 13.7. The van der Waals surface area contributed by atoms with Gasteiger partial charge in [-0.15, -0.1) is 0 Å². The summed E-state index contributed by atoms with van der Waals surface area (Å²) in [5, 5.41) is 0. The molecule has 0 fully saturated rings. The molecule has 2 aromatic carbocycles. The average Bonchev–Trinajstić information content (AvgIpc) is 2.45. The van der Waals surface area contributed by atoms with Crippen LogP contribution in [0.5, 0.6) is 0 Å². The van der Waals surface area contributed by atoms with Crippen LogP contribution >= 0.6 is 0 Å². The summed E-state index contributed by atoms with van der Waals surface area (Å²) in [6.45, 7) is 2.14. The summed E-state index contributed by atoms with van der Waals surface area (Å²) in [4.78, 5) is 0. The van der Waals surface area contributed by atoms with E-state index in [4.69, 9.17) is 5.73 Å². The van der Waals surface area contributed by atoms with Crippen molar-refractivity contribution in [2.24, 2.45) is 5.73 Å². The Kier molecular flexibility index (Phi) is 4.85. The fraction of sp³-hybridized carbons (Fsp3) is 0.294. The highest BCUT2D eigenvalue weighted by molar-refractivity contribution is 5.34. The van der Waals surface area contributed by atoms with Crippen molar-refractivity contribution in [1.29, 1.82) is 0 Å². The first-order valence-electron chi connectivity index (χ1n) is 6.91. The second-order valence-electron chi connectivity index (χ2n) is 4.96. The van der Waals surface area contributed by atoms with Crippen molar-refractivity contribution in [3.63, 3.8) is 0 Å². The second kappa shape index (κ2) is 6.62. The molecule has 0 spiro atoms. The van der Waals surface area contributed by atoms with Gasteiger partial charge in [0.1, 0.15) is 11.6 Å². The summed E-state index contributed by atoms with van der Waals surface area (Å²) in [7, 11) is 0. The van der Waals surface area contributed by atoms with Crippen LogP contribution in [-0.2, 0) is 6.42 Å². The van der Waals surface area contributed by atoms with Gasteiger partial charge in [-0.25, -0.2) is 8.78 Å². The number of halogens is 2. The van der Waals surface area contributed by atoms with E-state index in [1.807, 2.05) is 24.3 Å². The van der Waals surface area contributed by atoms with Gasteiger partial charge in [0.2, 0.25) is 0 Å². The Bertz CT molecular complexity index is 543. The maximum absolute atomic E-state index is 13.7. The number of aryl methyl sites for hydroxylation is 1. The minimum absolute atomic E-state index is 0.0752. The topological polar surface area (TPSA) is 26.0 Å². The van der Waals surface area contributed by atoms with Gasteiger partial charge < -0.3 is 5.73 Å². The van der Waals surface area contributed by atoms with Gasteiger partial charge in [-0.3, -0.25) is 0 Å². The second-order valence-corrected chi connectivity index (χ2v) is 4.96. The zero-order valence-electron chi connectivity index (χ0n) is 11.6. The lowest BCUT2D eigenvalue weighted by Crippen LogP contribution is -2.15. The lowest BCUT2D eigenvalue weighted by Gasteiger charge is -2.15. The highest BCUT2D eigenvalue weighted by atomic mass is 19.1. The van der Waals surface area contributed by atoms with Gasteiger partial charge >= 0.3 is 0 Å². The van der Waals surface area contributed by atoms with Gasteiger partial charge in [0.15, 0.2) is 0 Å². The molecule has 0 heterocycles. The van der Waals surface area contributed by atoms with E-state index < -0.39 is 17.7 Å². The van der Waals surface area contributed by atoms with Crippen molar-refractivity contribution in [2.75, 3.05) is 0 Å². The monoisotopic (exact) mass is 275 g/mol. The molecule has 2 aromatic rings. The summed E-state index contributed by atoms with van der Waals surface area (Å²) in [6.07, 6.45) is 3.29. The third-order valence-electron chi connectivity index (χ3n) is 3.47. The van der Waals surface area contributed by atoms with Crippen LogP contribution in [0.25, 0.3) is 0 Å². The van der Waals surface area contributed by atoms with Crippen molar-refractivity contribution in [1.82, 2.24) is 0 Å². The maximum Gasteiger partial charge on any atom is 0.131 e. The normalized spacial score (nSPS) is 12.4. The van der Waals surface area contributed by atoms with E-state index in [1.54, 1.807) is 0 Å². The summed E-state index contributed by atoms with van der Waals surface area (Å²) in [5.41, 5.74) is 7.85. The molecule has 2 N–H and O–H groups in total. The average molecular weight is 275 g/mol. The molecule has 0 amide bonds. The number of hydrogen-bond acceptors (Lipinski definition) is 1. The molecular formula is C17H19F2N. The van der Waals surface area contributed by atoms with Crippen LogP contribution in [0.2, 0.25) is 0 Å². The summed E-state index contributed by atoms with van der Waals surface area (Å²) < 4.78 is 27.4. The standard InChI is InChI=1S/C17H19F2N/c1-2-3-5-12-8-10-13(11-9-12)17(20)16-14(18)6-4-7-15(16)19/h4,6-11,17H,2-3,5,20H2,1H3. The van der Waals surface area contributed by atoms with Crippen LogP contribution < -0.4 is 5.73 Å². The fourth-order valence-corrected chi connectivity index (χ4v) is 2.25. The van der Waals surface area contributed by atoms with E-state index in [0.717, 1.165) is 19.3 Å². The molecule has 1 atom stereocenters. The Morgan fingerprint density at radius 2 is 1.60 bits per heavy atom. The molecule has 0 aliphatic carbocycles. The van der Waals surface area contributed by atoms with E-state index in [-0.39, 0.29) is 5.56 Å². The van der Waals surface area contributed by atoms with Crippen molar-refractivity contribution in [3.8, 4) is 0 Å². The van der Waals surface area contributed by atoms with Gasteiger partial charge in [-0.05, 0) is 36.1 Å². The van der Waals surface area contributed by atoms with E-state index in [0.29, 0.717) is 5.56 Å². The lowest BCUT2D eigenvalue weighted by molar-refractivity contribution is 0.543. The number of hydrogen-bond donors (Lipinski definition) is 1. The molecule has 3 heteroatoms. The lowest BCUT2D eigenvalue weighted by atomic mass is 9.97. The largest absolute Gasteiger partial charge is 0.320 e. The van der Waals surface area contributed by atoms with E-state index in [1.165, 1.54) is 23.8 Å². The highest BCUT2D eigenvalue weighted by Crippen LogP contribution is 2.25. The third kappa shape index (κ3) is 3.23. The number of nitrogens with two attached hydrogens (primary N) is 1. The Morgan fingerprint density at radius 3 is 2.15 bits per heavy atom. The van der Waals surface area contributed by atoms with E-state index >= 15 is 0 Å². The third-order valence-corrected chi connectivity index (χ3v) is 3.47. The van der Waals surface area contributed by atoms with Crippen LogP contribution in [0.1, 0.15) is 42.5 Å². The molecule has 0 aliphatic rings. The molecule has 1 nitrogen and oxygen atoms in total. The molecular weight excluding hydrogens is 256 g/mol. The summed E-state index contributed by atoms with van der Waals surface area (Å²) >= 11 is 0. The van der Waals surface area contributed by atoms with E-state index in [9.17, 15) is 8.78 Å². The van der Waals surface area contributed by atoms with Gasteiger partial charge in [0.25, 0.3) is 0 Å². The predicted octanol–water partition coefficient (Wildman–Crippen LogP) is 4.36. The molecule has 0 radical (unpaired) electrons.